The Morgan fingerprint density at radius 3 is 2.55 bits per heavy atom. The Bertz CT molecular complexity index is 611. The number of rotatable bonds is 7. The van der Waals surface area contributed by atoms with Crippen LogP contribution in [0.3, 0.4) is 0 Å². The largest absolute Gasteiger partial charge is 0.489 e. The van der Waals surface area contributed by atoms with Crippen molar-refractivity contribution in [2.24, 2.45) is 16.2 Å². The summed E-state index contributed by atoms with van der Waals surface area (Å²) in [6.45, 7) is 4.71. The molecular weight excluding hydrogens is 274 g/mol. The van der Waals surface area contributed by atoms with Crippen LogP contribution in [0.1, 0.15) is 30.0 Å². The summed E-state index contributed by atoms with van der Waals surface area (Å²) in [5, 5.41) is 7.46. The monoisotopic (exact) mass is 297 g/mol. The van der Waals surface area contributed by atoms with Gasteiger partial charge < -0.3 is 10.6 Å². The number of hydrogen-bond acceptors (Lipinski definition) is 3. The van der Waals surface area contributed by atoms with E-state index in [0.717, 1.165) is 29.7 Å². The third-order valence-electron chi connectivity index (χ3n) is 3.66. The number of ether oxygens (including phenoxy) is 1. The number of hydrogen-bond donors (Lipinski definition) is 1. The van der Waals surface area contributed by atoms with E-state index in [0.29, 0.717) is 6.61 Å². The predicted octanol–water partition coefficient (Wildman–Crippen LogP) is 4.22. The van der Waals surface area contributed by atoms with Gasteiger partial charge in [0.15, 0.2) is 0 Å². The first kappa shape index (κ1) is 16.0. The lowest BCUT2D eigenvalue weighted by atomic mass is 10.0. The molecular formula is C18H23N3O. The van der Waals surface area contributed by atoms with Crippen LogP contribution in [0, 0.1) is 6.92 Å². The minimum atomic E-state index is 0.120. The summed E-state index contributed by atoms with van der Waals surface area (Å²) >= 11 is 0. The lowest BCUT2D eigenvalue weighted by Crippen LogP contribution is -2.07. The fourth-order valence-corrected chi connectivity index (χ4v) is 2.30. The molecule has 22 heavy (non-hydrogen) atoms. The zero-order valence-corrected chi connectivity index (χ0v) is 13.2. The third kappa shape index (κ3) is 4.58. The summed E-state index contributed by atoms with van der Waals surface area (Å²) in [6, 6.07) is 16.6. The number of aryl methyl sites for hydroxylation is 1. The van der Waals surface area contributed by atoms with Crippen LogP contribution in [0.2, 0.25) is 0 Å². The molecule has 0 amide bonds. The van der Waals surface area contributed by atoms with E-state index in [4.69, 9.17) is 10.6 Å². The van der Waals surface area contributed by atoms with Crippen LogP contribution in [-0.4, -0.2) is 6.04 Å². The van der Waals surface area contributed by atoms with Crippen molar-refractivity contribution in [2.45, 2.75) is 39.3 Å². The Hall–Kier alpha value is -2.36. The van der Waals surface area contributed by atoms with E-state index in [1.165, 1.54) is 5.56 Å². The van der Waals surface area contributed by atoms with Crippen LogP contribution in [0.4, 0.5) is 0 Å². The molecule has 2 aromatic rings. The highest BCUT2D eigenvalue weighted by molar-refractivity contribution is 5.37. The lowest BCUT2D eigenvalue weighted by molar-refractivity contribution is 0.303. The van der Waals surface area contributed by atoms with Crippen LogP contribution in [-0.2, 0) is 13.0 Å². The average Bonchev–Trinajstić information content (AvgIpc) is 2.55. The first-order chi connectivity index (χ1) is 10.7. The van der Waals surface area contributed by atoms with Crippen LogP contribution < -0.4 is 10.6 Å². The molecule has 0 aromatic heterocycles. The SMILES string of the molecule is CCC(Cc1ccc(C)c(OCc2ccccc2)c1)N=NN. The van der Waals surface area contributed by atoms with Crippen LogP contribution in [0.25, 0.3) is 0 Å². The summed E-state index contributed by atoms with van der Waals surface area (Å²) in [7, 11) is 0. The topological polar surface area (TPSA) is 60.0 Å². The fourth-order valence-electron chi connectivity index (χ4n) is 2.30. The number of nitrogens with two attached hydrogens (primary N) is 1. The van der Waals surface area contributed by atoms with Gasteiger partial charge in [0, 0.05) is 0 Å². The summed E-state index contributed by atoms with van der Waals surface area (Å²) in [5.74, 6) is 6.08. The molecule has 0 aliphatic rings. The Morgan fingerprint density at radius 1 is 1.09 bits per heavy atom. The molecule has 0 aliphatic carbocycles. The molecule has 0 saturated heterocycles. The third-order valence-corrected chi connectivity index (χ3v) is 3.66. The van der Waals surface area contributed by atoms with Crippen molar-refractivity contribution in [2.75, 3.05) is 0 Å². The van der Waals surface area contributed by atoms with Crippen molar-refractivity contribution in [1.82, 2.24) is 0 Å². The molecule has 0 bridgehead atoms. The van der Waals surface area contributed by atoms with Crippen LogP contribution in [0.5, 0.6) is 5.75 Å². The number of benzene rings is 2. The highest BCUT2D eigenvalue weighted by Gasteiger charge is 2.08. The van der Waals surface area contributed by atoms with Crippen molar-refractivity contribution in [3.63, 3.8) is 0 Å². The first-order valence-corrected chi connectivity index (χ1v) is 7.59. The molecule has 116 valence electrons. The molecule has 2 aromatic carbocycles. The molecule has 1 atom stereocenters. The quantitative estimate of drug-likeness (QED) is 0.472. The van der Waals surface area contributed by atoms with Crippen LogP contribution >= 0.6 is 0 Å². The fraction of sp³-hybridized carbons (Fsp3) is 0.333. The Kier molecular flexibility index (Phi) is 5.95. The maximum Gasteiger partial charge on any atom is 0.122 e. The van der Waals surface area contributed by atoms with Gasteiger partial charge in [-0.05, 0) is 42.5 Å². The van der Waals surface area contributed by atoms with Gasteiger partial charge in [-0.3, -0.25) is 0 Å². The van der Waals surface area contributed by atoms with Gasteiger partial charge in [0.05, 0.1) is 6.04 Å². The molecule has 0 heterocycles. The highest BCUT2D eigenvalue weighted by Crippen LogP contribution is 2.22. The Labute approximate surface area is 132 Å². The second-order valence-corrected chi connectivity index (χ2v) is 5.37. The standard InChI is InChI=1S/C18H23N3O/c1-3-17(20-21-19)11-16-10-9-14(2)18(12-16)22-13-15-7-5-4-6-8-15/h4-10,12,17H,3,11,13H2,1-2H3,(H2,19,20). The molecule has 4 heteroatoms. The maximum absolute atomic E-state index is 5.96. The summed E-state index contributed by atoms with van der Waals surface area (Å²) in [5.41, 5.74) is 3.48. The van der Waals surface area contributed by atoms with E-state index in [9.17, 15) is 0 Å². The van der Waals surface area contributed by atoms with Crippen molar-refractivity contribution in [3.05, 3.63) is 65.2 Å². The maximum atomic E-state index is 5.96. The minimum absolute atomic E-state index is 0.120. The molecule has 0 saturated carbocycles. The molecule has 1 unspecified atom stereocenters. The zero-order chi connectivity index (χ0) is 15.8. The van der Waals surface area contributed by atoms with E-state index < -0.39 is 0 Å². The zero-order valence-electron chi connectivity index (χ0n) is 13.2. The van der Waals surface area contributed by atoms with E-state index >= 15 is 0 Å². The molecule has 0 aliphatic heterocycles. The summed E-state index contributed by atoms with van der Waals surface area (Å²) < 4.78 is 5.96. The predicted molar refractivity (Wildman–Crippen MR) is 88.8 cm³/mol. The van der Waals surface area contributed by atoms with E-state index in [1.807, 2.05) is 18.2 Å². The van der Waals surface area contributed by atoms with Crippen molar-refractivity contribution >= 4 is 0 Å². The first-order valence-electron chi connectivity index (χ1n) is 7.59. The Morgan fingerprint density at radius 2 is 1.86 bits per heavy atom. The lowest BCUT2D eigenvalue weighted by Gasteiger charge is -2.13. The van der Waals surface area contributed by atoms with Gasteiger partial charge in [-0.2, -0.15) is 5.11 Å². The molecule has 2 N–H and O–H groups in total. The van der Waals surface area contributed by atoms with Gasteiger partial charge in [0.2, 0.25) is 0 Å². The van der Waals surface area contributed by atoms with Gasteiger partial charge in [0.25, 0.3) is 0 Å². The van der Waals surface area contributed by atoms with Gasteiger partial charge >= 0.3 is 0 Å². The molecule has 2 rings (SSSR count). The summed E-state index contributed by atoms with van der Waals surface area (Å²) in [4.78, 5) is 0. The normalized spacial score (nSPS) is 12.5. The molecule has 0 fully saturated rings. The van der Waals surface area contributed by atoms with E-state index in [2.05, 4.69) is 54.5 Å². The molecule has 4 nitrogen and oxygen atoms in total. The van der Waals surface area contributed by atoms with Crippen LogP contribution in [0.15, 0.2) is 58.9 Å². The highest BCUT2D eigenvalue weighted by atomic mass is 16.5. The van der Waals surface area contributed by atoms with Crippen molar-refractivity contribution < 1.29 is 4.74 Å². The smallest absolute Gasteiger partial charge is 0.122 e. The molecule has 0 radical (unpaired) electrons. The van der Waals surface area contributed by atoms with Gasteiger partial charge in [-0.1, -0.05) is 54.6 Å². The van der Waals surface area contributed by atoms with E-state index in [1.54, 1.807) is 0 Å². The van der Waals surface area contributed by atoms with Gasteiger partial charge in [-0.25, -0.2) is 0 Å². The average molecular weight is 297 g/mol. The van der Waals surface area contributed by atoms with Gasteiger partial charge in [0.1, 0.15) is 12.4 Å². The second kappa shape index (κ2) is 8.17. The number of nitrogens with zero attached hydrogens (tertiary/aromatic N) is 2. The van der Waals surface area contributed by atoms with Crippen molar-refractivity contribution in [1.29, 1.82) is 0 Å². The molecule has 0 spiro atoms. The Balaban J connectivity index is 2.06. The second-order valence-electron chi connectivity index (χ2n) is 5.37. The van der Waals surface area contributed by atoms with Gasteiger partial charge in [-0.15, -0.1) is 0 Å². The van der Waals surface area contributed by atoms with E-state index in [-0.39, 0.29) is 6.04 Å². The van der Waals surface area contributed by atoms with Crippen molar-refractivity contribution in [3.8, 4) is 5.75 Å². The summed E-state index contributed by atoms with van der Waals surface area (Å²) in [6.07, 6.45) is 1.73. The minimum Gasteiger partial charge on any atom is -0.489 e.